The Bertz CT molecular complexity index is 4180. The van der Waals surface area contributed by atoms with Gasteiger partial charge in [-0.1, -0.05) is 237 Å². The summed E-state index contributed by atoms with van der Waals surface area (Å²) in [6.07, 6.45) is 0. The Balaban J connectivity index is 0.806. The van der Waals surface area contributed by atoms with Crippen molar-refractivity contribution in [3.8, 4) is 101 Å². The van der Waals surface area contributed by atoms with Crippen LogP contribution in [0.25, 0.3) is 123 Å². The number of benzene rings is 11. The quantitative estimate of drug-likeness (QED) is 0.160. The van der Waals surface area contributed by atoms with Gasteiger partial charge < -0.3 is 4.42 Å². The second-order valence-corrected chi connectivity index (χ2v) is 19.4. The average Bonchev–Trinajstić information content (AvgIpc) is 4.13. The third-order valence-corrected chi connectivity index (χ3v) is 15.4. The number of aromatic nitrogens is 3. The van der Waals surface area contributed by atoms with E-state index in [1.807, 2.05) is 24.3 Å². The van der Waals surface area contributed by atoms with E-state index in [1.165, 1.54) is 55.6 Å². The van der Waals surface area contributed by atoms with Gasteiger partial charge in [-0.2, -0.15) is 0 Å². The predicted molar refractivity (Wildman–Crippen MR) is 301 cm³/mol. The van der Waals surface area contributed by atoms with Gasteiger partial charge in [0.25, 0.3) is 0 Å². The molecule has 15 rings (SSSR count). The third kappa shape index (κ3) is 6.52. The maximum absolute atomic E-state index is 6.59. The molecule has 344 valence electrons. The lowest BCUT2D eigenvalue weighted by molar-refractivity contribution is 0.669. The number of hydrogen-bond acceptors (Lipinski definition) is 4. The molecule has 0 radical (unpaired) electrons. The number of hydrogen-bond donors (Lipinski definition) is 0. The Labute approximate surface area is 428 Å². The van der Waals surface area contributed by atoms with Crippen LogP contribution in [0.1, 0.15) is 22.3 Å². The van der Waals surface area contributed by atoms with Crippen LogP contribution in [0, 0.1) is 0 Å². The first-order valence-electron chi connectivity index (χ1n) is 25.2. The molecule has 0 saturated heterocycles. The molecule has 0 bridgehead atoms. The minimum absolute atomic E-state index is 0.352. The van der Waals surface area contributed by atoms with Crippen molar-refractivity contribution in [1.29, 1.82) is 0 Å². The molecule has 4 heteroatoms. The highest BCUT2D eigenvalue weighted by molar-refractivity contribution is 6.13. The van der Waals surface area contributed by atoms with E-state index in [-0.39, 0.29) is 5.41 Å². The molecule has 0 fully saturated rings. The predicted octanol–water partition coefficient (Wildman–Crippen LogP) is 17.8. The van der Waals surface area contributed by atoms with E-state index in [9.17, 15) is 0 Å². The van der Waals surface area contributed by atoms with Crippen molar-refractivity contribution in [3.05, 3.63) is 283 Å². The fourth-order valence-electron chi connectivity index (χ4n) is 12.0. The highest BCUT2D eigenvalue weighted by Gasteiger charge is 2.51. The fourth-order valence-corrected chi connectivity index (χ4v) is 12.0. The maximum atomic E-state index is 6.59. The monoisotopic (exact) mass is 941 g/mol. The summed E-state index contributed by atoms with van der Waals surface area (Å²) in [5.74, 6) is 1.78. The molecule has 0 amide bonds. The van der Waals surface area contributed by atoms with Crippen molar-refractivity contribution < 1.29 is 4.42 Å². The second kappa shape index (κ2) is 16.7. The lowest BCUT2D eigenvalue weighted by Crippen LogP contribution is -2.25. The number of furan rings is 1. The van der Waals surface area contributed by atoms with Crippen LogP contribution < -0.4 is 0 Å². The molecular weight excluding hydrogens is 899 g/mol. The Kier molecular flexibility index (Phi) is 9.45. The number of nitrogens with zero attached hydrogens (tertiary/aromatic N) is 3. The first kappa shape index (κ1) is 42.0. The largest absolute Gasteiger partial charge is 0.456 e. The van der Waals surface area contributed by atoms with E-state index in [1.54, 1.807) is 0 Å². The van der Waals surface area contributed by atoms with Crippen LogP contribution in [-0.4, -0.2) is 15.0 Å². The lowest BCUT2D eigenvalue weighted by Gasteiger charge is -2.30. The standard InChI is InChI=1S/C70H43N3O/c1-3-14-44(15-4-1)46-30-34-50(35-31-46)67-71-68(51-36-32-47(33-37-51)45-16-5-2-6-17-45)73-69(72-67)57-21-13-25-65-66(57)59-43-53(39-41-64(59)74-65)49-28-26-48(27-29-49)52-38-40-63-58(42-52)56-20-9-12-24-62(56)70(63)60-22-10-7-18-54(60)55-19-8-11-23-61(55)70/h1-43H. The van der Waals surface area contributed by atoms with Gasteiger partial charge in [0.2, 0.25) is 0 Å². The first-order valence-corrected chi connectivity index (χ1v) is 25.2. The normalized spacial score (nSPS) is 12.7. The van der Waals surface area contributed by atoms with Crippen molar-refractivity contribution in [2.24, 2.45) is 0 Å². The average molecular weight is 942 g/mol. The summed E-state index contributed by atoms with van der Waals surface area (Å²) >= 11 is 0. The first-order chi connectivity index (χ1) is 36.7. The summed E-state index contributed by atoms with van der Waals surface area (Å²) in [5, 5.41) is 1.97. The van der Waals surface area contributed by atoms with Crippen molar-refractivity contribution in [3.63, 3.8) is 0 Å². The summed E-state index contributed by atoms with van der Waals surface area (Å²) < 4.78 is 6.59. The zero-order chi connectivity index (χ0) is 48.7. The molecule has 13 aromatic rings. The molecule has 2 aliphatic rings. The summed E-state index contributed by atoms with van der Waals surface area (Å²) in [6.45, 7) is 0. The molecule has 0 aliphatic heterocycles. The molecule has 1 spiro atoms. The molecule has 11 aromatic carbocycles. The maximum Gasteiger partial charge on any atom is 0.164 e. The van der Waals surface area contributed by atoms with Crippen LogP contribution in [-0.2, 0) is 5.41 Å². The smallest absolute Gasteiger partial charge is 0.164 e. The van der Waals surface area contributed by atoms with E-state index < -0.39 is 0 Å². The van der Waals surface area contributed by atoms with Crippen molar-refractivity contribution in [2.45, 2.75) is 5.41 Å². The molecule has 2 aliphatic carbocycles. The van der Waals surface area contributed by atoms with Gasteiger partial charge in [-0.05, 0) is 113 Å². The van der Waals surface area contributed by atoms with E-state index in [0.717, 1.165) is 72.0 Å². The Morgan fingerprint density at radius 3 is 1.16 bits per heavy atom. The van der Waals surface area contributed by atoms with Crippen LogP contribution in [0.2, 0.25) is 0 Å². The molecule has 0 N–H and O–H groups in total. The molecule has 74 heavy (non-hydrogen) atoms. The van der Waals surface area contributed by atoms with Gasteiger partial charge in [0.15, 0.2) is 17.5 Å². The molecule has 0 saturated carbocycles. The molecule has 2 aromatic heterocycles. The van der Waals surface area contributed by atoms with E-state index in [0.29, 0.717) is 17.5 Å². The minimum Gasteiger partial charge on any atom is -0.456 e. The van der Waals surface area contributed by atoms with Gasteiger partial charge in [-0.15, -0.1) is 0 Å². The third-order valence-electron chi connectivity index (χ3n) is 15.4. The van der Waals surface area contributed by atoms with Crippen LogP contribution in [0.5, 0.6) is 0 Å². The van der Waals surface area contributed by atoms with Gasteiger partial charge in [-0.3, -0.25) is 0 Å². The summed E-state index contributed by atoms with van der Waals surface area (Å²) in [5.41, 5.74) is 23.7. The highest BCUT2D eigenvalue weighted by atomic mass is 16.3. The van der Waals surface area contributed by atoms with Gasteiger partial charge in [-0.25, -0.2) is 15.0 Å². The van der Waals surface area contributed by atoms with Gasteiger partial charge in [0.05, 0.1) is 5.41 Å². The molecule has 0 unspecified atom stereocenters. The lowest BCUT2D eigenvalue weighted by atomic mass is 9.70. The second-order valence-electron chi connectivity index (χ2n) is 19.4. The van der Waals surface area contributed by atoms with Crippen molar-refractivity contribution in [1.82, 2.24) is 15.0 Å². The van der Waals surface area contributed by atoms with Crippen LogP contribution in [0.3, 0.4) is 0 Å². The summed E-state index contributed by atoms with van der Waals surface area (Å²) in [6, 6.07) is 93.4. The van der Waals surface area contributed by atoms with Crippen molar-refractivity contribution in [2.75, 3.05) is 0 Å². The van der Waals surface area contributed by atoms with E-state index >= 15 is 0 Å². The molecule has 0 atom stereocenters. The zero-order valence-corrected chi connectivity index (χ0v) is 40.1. The molecule has 4 nitrogen and oxygen atoms in total. The van der Waals surface area contributed by atoms with E-state index in [4.69, 9.17) is 19.4 Å². The van der Waals surface area contributed by atoms with Crippen molar-refractivity contribution >= 4 is 21.9 Å². The topological polar surface area (TPSA) is 51.8 Å². The van der Waals surface area contributed by atoms with Gasteiger partial charge >= 0.3 is 0 Å². The Morgan fingerprint density at radius 1 is 0.243 bits per heavy atom. The zero-order valence-electron chi connectivity index (χ0n) is 40.1. The SMILES string of the molecule is c1ccc(-c2ccc(-c3nc(-c4ccc(-c5ccccc5)cc4)nc(-c4cccc5oc6ccc(-c7ccc(-c8ccc9c(c8)-c8ccccc8C98c9ccccc9-c9ccccc98)cc7)cc6c45)n3)cc2)cc1. The van der Waals surface area contributed by atoms with Gasteiger partial charge in [0.1, 0.15) is 11.2 Å². The van der Waals surface area contributed by atoms with Gasteiger partial charge in [0, 0.05) is 27.5 Å². The number of fused-ring (bicyclic) bond motifs is 13. The summed E-state index contributed by atoms with van der Waals surface area (Å²) in [4.78, 5) is 15.6. The number of rotatable bonds is 7. The fraction of sp³-hybridized carbons (Fsp3) is 0.0143. The minimum atomic E-state index is -0.352. The highest BCUT2D eigenvalue weighted by Crippen LogP contribution is 2.63. The van der Waals surface area contributed by atoms with Crippen LogP contribution in [0.15, 0.2) is 265 Å². The Hall–Kier alpha value is -9.77. The van der Waals surface area contributed by atoms with E-state index in [2.05, 4.69) is 237 Å². The van der Waals surface area contributed by atoms with Crippen LogP contribution >= 0.6 is 0 Å². The molecule has 2 heterocycles. The summed E-state index contributed by atoms with van der Waals surface area (Å²) in [7, 11) is 0. The van der Waals surface area contributed by atoms with Crippen LogP contribution in [0.4, 0.5) is 0 Å². The Morgan fingerprint density at radius 2 is 0.622 bits per heavy atom. The molecular formula is C70H43N3O.